The van der Waals surface area contributed by atoms with Gasteiger partial charge in [-0.2, -0.15) is 0 Å². The van der Waals surface area contributed by atoms with Crippen LogP contribution in [0.25, 0.3) is 0 Å². The Bertz CT molecular complexity index is 746. The summed E-state index contributed by atoms with van der Waals surface area (Å²) in [5, 5.41) is 12.2. The molecule has 0 saturated heterocycles. The normalized spacial score (nSPS) is 10.1. The summed E-state index contributed by atoms with van der Waals surface area (Å²) < 4.78 is 5.10. The number of amides is 1. The highest BCUT2D eigenvalue weighted by Gasteiger charge is 2.15. The highest BCUT2D eigenvalue weighted by molar-refractivity contribution is 6.36. The van der Waals surface area contributed by atoms with Crippen molar-refractivity contribution in [1.82, 2.24) is 0 Å². The fourth-order valence-corrected chi connectivity index (χ4v) is 2.18. The monoisotopic (exact) mass is 339 g/mol. The number of carbonyl (C=O) groups excluding carboxylic acids is 1. The molecule has 0 saturated carbocycles. The van der Waals surface area contributed by atoms with Crippen molar-refractivity contribution in [2.75, 3.05) is 12.4 Å². The number of ether oxygens (including phenoxy) is 1. The van der Waals surface area contributed by atoms with E-state index in [4.69, 9.17) is 33.0 Å². The molecule has 0 aliphatic carbocycles. The summed E-state index contributed by atoms with van der Waals surface area (Å²) in [6.07, 6.45) is 0. The Morgan fingerprint density at radius 3 is 2.50 bits per heavy atom. The highest BCUT2D eigenvalue weighted by atomic mass is 35.5. The van der Waals surface area contributed by atoms with Crippen LogP contribution in [-0.2, 0) is 0 Å². The summed E-state index contributed by atoms with van der Waals surface area (Å²) in [5.74, 6) is -1.30. The molecule has 0 bridgehead atoms. The maximum Gasteiger partial charge on any atom is 0.335 e. The van der Waals surface area contributed by atoms with Crippen LogP contribution < -0.4 is 10.1 Å². The molecule has 22 heavy (non-hydrogen) atoms. The molecule has 0 aromatic heterocycles. The topological polar surface area (TPSA) is 75.6 Å². The molecule has 0 fully saturated rings. The van der Waals surface area contributed by atoms with Gasteiger partial charge >= 0.3 is 5.97 Å². The summed E-state index contributed by atoms with van der Waals surface area (Å²) >= 11 is 11.8. The van der Waals surface area contributed by atoms with Gasteiger partial charge in [-0.3, -0.25) is 4.79 Å². The molecule has 0 spiro atoms. The Labute approximate surface area is 136 Å². The molecular weight excluding hydrogens is 329 g/mol. The van der Waals surface area contributed by atoms with E-state index >= 15 is 0 Å². The van der Waals surface area contributed by atoms with Gasteiger partial charge in [-0.1, -0.05) is 23.2 Å². The van der Waals surface area contributed by atoms with Crippen molar-refractivity contribution >= 4 is 40.8 Å². The first-order chi connectivity index (χ1) is 10.4. The zero-order valence-corrected chi connectivity index (χ0v) is 12.9. The van der Waals surface area contributed by atoms with Crippen LogP contribution in [0.3, 0.4) is 0 Å². The molecule has 1 amide bonds. The Hall–Kier alpha value is -2.24. The summed E-state index contributed by atoms with van der Waals surface area (Å²) in [5.41, 5.74) is 0.425. The number of hydrogen-bond donors (Lipinski definition) is 2. The number of carboxylic acid groups (broad SMARTS) is 1. The predicted octanol–water partition coefficient (Wildman–Crippen LogP) is 3.95. The van der Waals surface area contributed by atoms with Gasteiger partial charge in [-0.05, 0) is 36.4 Å². The van der Waals surface area contributed by atoms with Gasteiger partial charge < -0.3 is 15.2 Å². The van der Waals surface area contributed by atoms with Gasteiger partial charge in [0.25, 0.3) is 5.91 Å². The van der Waals surface area contributed by atoms with Crippen molar-refractivity contribution < 1.29 is 19.4 Å². The van der Waals surface area contributed by atoms with Gasteiger partial charge in [0.1, 0.15) is 5.75 Å². The Balaban J connectivity index is 2.36. The van der Waals surface area contributed by atoms with E-state index in [1.807, 2.05) is 0 Å². The van der Waals surface area contributed by atoms with Crippen LogP contribution in [0.4, 0.5) is 5.69 Å². The third kappa shape index (κ3) is 3.50. The summed E-state index contributed by atoms with van der Waals surface area (Å²) in [6, 6.07) is 8.63. The number of methoxy groups -OCH3 is 1. The van der Waals surface area contributed by atoms with E-state index in [-0.39, 0.29) is 21.8 Å². The zero-order chi connectivity index (χ0) is 16.3. The van der Waals surface area contributed by atoms with Crippen molar-refractivity contribution in [3.8, 4) is 5.75 Å². The van der Waals surface area contributed by atoms with E-state index in [0.29, 0.717) is 10.8 Å². The summed E-state index contributed by atoms with van der Waals surface area (Å²) in [7, 11) is 1.41. The van der Waals surface area contributed by atoms with E-state index in [0.717, 1.165) is 0 Å². The Kier molecular flexibility index (Phi) is 4.90. The molecule has 0 unspecified atom stereocenters. The molecule has 5 nitrogen and oxygen atoms in total. The minimum Gasteiger partial charge on any atom is -0.495 e. The van der Waals surface area contributed by atoms with E-state index < -0.39 is 11.9 Å². The second kappa shape index (κ2) is 6.68. The quantitative estimate of drug-likeness (QED) is 0.884. The van der Waals surface area contributed by atoms with Crippen molar-refractivity contribution in [2.24, 2.45) is 0 Å². The van der Waals surface area contributed by atoms with Crippen LogP contribution >= 0.6 is 23.2 Å². The van der Waals surface area contributed by atoms with Crippen LogP contribution in [-0.4, -0.2) is 24.1 Å². The van der Waals surface area contributed by atoms with Crippen LogP contribution in [0.1, 0.15) is 20.7 Å². The van der Waals surface area contributed by atoms with Crippen LogP contribution in [0.5, 0.6) is 5.75 Å². The molecule has 0 aliphatic rings. The lowest BCUT2D eigenvalue weighted by atomic mass is 10.1. The standard InChI is InChI=1S/C15H11Cl2NO4/c1-22-13-5-2-8(15(20)21)6-12(13)18-14(19)10-7-9(16)3-4-11(10)17/h2-7H,1H3,(H,18,19)(H,20,21). The van der Waals surface area contributed by atoms with E-state index in [1.54, 1.807) is 6.07 Å². The van der Waals surface area contributed by atoms with E-state index in [2.05, 4.69) is 5.32 Å². The molecule has 114 valence electrons. The van der Waals surface area contributed by atoms with E-state index in [9.17, 15) is 9.59 Å². The molecule has 2 rings (SSSR count). The second-order valence-corrected chi connectivity index (χ2v) is 5.14. The van der Waals surface area contributed by atoms with Crippen LogP contribution in [0, 0.1) is 0 Å². The van der Waals surface area contributed by atoms with Gasteiger partial charge in [0.05, 0.1) is 28.9 Å². The molecular formula is C15H11Cl2NO4. The average molecular weight is 340 g/mol. The number of nitrogens with one attached hydrogen (secondary N) is 1. The van der Waals surface area contributed by atoms with Crippen molar-refractivity contribution in [3.05, 3.63) is 57.6 Å². The third-order valence-corrected chi connectivity index (χ3v) is 3.43. The third-order valence-electron chi connectivity index (χ3n) is 2.87. The highest BCUT2D eigenvalue weighted by Crippen LogP contribution is 2.28. The molecule has 2 aromatic rings. The number of benzene rings is 2. The largest absolute Gasteiger partial charge is 0.495 e. The number of hydrogen-bond acceptors (Lipinski definition) is 3. The molecule has 2 aromatic carbocycles. The van der Waals surface area contributed by atoms with Gasteiger partial charge in [-0.25, -0.2) is 4.79 Å². The number of aromatic carboxylic acids is 1. The minimum atomic E-state index is -1.11. The zero-order valence-electron chi connectivity index (χ0n) is 11.4. The SMILES string of the molecule is COc1ccc(C(=O)O)cc1NC(=O)c1cc(Cl)ccc1Cl. The maximum atomic E-state index is 12.3. The molecule has 2 N–H and O–H groups in total. The number of carboxylic acids is 1. The fraction of sp³-hybridized carbons (Fsp3) is 0.0667. The molecule has 0 atom stereocenters. The lowest BCUT2D eigenvalue weighted by Gasteiger charge is -2.12. The Morgan fingerprint density at radius 2 is 1.86 bits per heavy atom. The van der Waals surface area contributed by atoms with Gasteiger partial charge in [0.15, 0.2) is 0 Å². The van der Waals surface area contributed by atoms with Gasteiger partial charge in [0, 0.05) is 5.02 Å². The first-order valence-corrected chi connectivity index (χ1v) is 6.85. The predicted molar refractivity (Wildman–Crippen MR) is 84.4 cm³/mol. The second-order valence-electron chi connectivity index (χ2n) is 4.30. The van der Waals surface area contributed by atoms with E-state index in [1.165, 1.54) is 37.4 Å². The molecule has 0 heterocycles. The molecule has 7 heteroatoms. The maximum absolute atomic E-state index is 12.3. The van der Waals surface area contributed by atoms with Gasteiger partial charge in [0.2, 0.25) is 0 Å². The Morgan fingerprint density at radius 1 is 1.14 bits per heavy atom. The lowest BCUT2D eigenvalue weighted by molar-refractivity contribution is 0.0696. The lowest BCUT2D eigenvalue weighted by Crippen LogP contribution is -2.14. The number of carbonyl (C=O) groups is 2. The molecule has 0 radical (unpaired) electrons. The smallest absolute Gasteiger partial charge is 0.335 e. The van der Waals surface area contributed by atoms with Crippen molar-refractivity contribution in [1.29, 1.82) is 0 Å². The average Bonchev–Trinajstić information content (AvgIpc) is 2.49. The first kappa shape index (κ1) is 16.1. The fourth-order valence-electron chi connectivity index (χ4n) is 1.80. The van der Waals surface area contributed by atoms with Crippen molar-refractivity contribution in [2.45, 2.75) is 0 Å². The minimum absolute atomic E-state index is 0.0216. The van der Waals surface area contributed by atoms with Gasteiger partial charge in [-0.15, -0.1) is 0 Å². The summed E-state index contributed by atoms with van der Waals surface area (Å²) in [4.78, 5) is 23.3. The van der Waals surface area contributed by atoms with Crippen molar-refractivity contribution in [3.63, 3.8) is 0 Å². The number of rotatable bonds is 4. The molecule has 0 aliphatic heterocycles. The van der Waals surface area contributed by atoms with Crippen LogP contribution in [0.2, 0.25) is 10.0 Å². The number of halogens is 2. The first-order valence-electron chi connectivity index (χ1n) is 6.10. The summed E-state index contributed by atoms with van der Waals surface area (Å²) in [6.45, 7) is 0. The number of anilines is 1. The van der Waals surface area contributed by atoms with Crippen LogP contribution in [0.15, 0.2) is 36.4 Å².